The van der Waals surface area contributed by atoms with Crippen molar-refractivity contribution in [1.29, 1.82) is 0 Å². The summed E-state index contributed by atoms with van der Waals surface area (Å²) >= 11 is 12.0. The average molecular weight is 355 g/mol. The van der Waals surface area contributed by atoms with E-state index in [0.29, 0.717) is 16.0 Å². The zero-order valence-electron chi connectivity index (χ0n) is 12.9. The Balaban J connectivity index is 1.46. The summed E-state index contributed by atoms with van der Waals surface area (Å²) in [6, 6.07) is 5.30. The van der Waals surface area contributed by atoms with Crippen LogP contribution < -0.4 is 5.32 Å². The Bertz CT molecular complexity index is 609. The molecule has 1 aromatic carbocycles. The smallest absolute Gasteiger partial charge is 0.225 e. The van der Waals surface area contributed by atoms with Crippen LogP contribution in [0.1, 0.15) is 31.2 Å². The van der Waals surface area contributed by atoms with Gasteiger partial charge >= 0.3 is 0 Å². The van der Waals surface area contributed by atoms with Crippen LogP contribution in [-0.4, -0.2) is 35.8 Å². The number of carbonyl (C=O) groups is 2. The van der Waals surface area contributed by atoms with Crippen molar-refractivity contribution in [3.8, 4) is 0 Å². The van der Waals surface area contributed by atoms with Crippen LogP contribution in [0.25, 0.3) is 0 Å². The Morgan fingerprint density at radius 3 is 2.43 bits per heavy atom. The molecule has 1 aromatic rings. The summed E-state index contributed by atoms with van der Waals surface area (Å²) in [7, 11) is 0. The number of nitrogens with one attached hydrogen (secondary N) is 1. The lowest BCUT2D eigenvalue weighted by molar-refractivity contribution is -0.133. The lowest BCUT2D eigenvalue weighted by Crippen LogP contribution is -2.47. The second kappa shape index (κ2) is 7.10. The molecule has 1 aliphatic heterocycles. The van der Waals surface area contributed by atoms with Crippen molar-refractivity contribution >= 4 is 35.0 Å². The van der Waals surface area contributed by atoms with E-state index in [1.165, 1.54) is 0 Å². The van der Waals surface area contributed by atoms with Gasteiger partial charge in [0.15, 0.2) is 0 Å². The highest BCUT2D eigenvalue weighted by molar-refractivity contribution is 6.35. The summed E-state index contributed by atoms with van der Waals surface area (Å²) in [5.41, 5.74) is 0.773. The molecule has 23 heavy (non-hydrogen) atoms. The van der Waals surface area contributed by atoms with Crippen LogP contribution in [0, 0.1) is 5.92 Å². The number of halogens is 2. The summed E-state index contributed by atoms with van der Waals surface area (Å²) < 4.78 is 0. The molecule has 1 heterocycles. The Kier molecular flexibility index (Phi) is 5.12. The molecule has 0 spiro atoms. The van der Waals surface area contributed by atoms with E-state index in [2.05, 4.69) is 5.32 Å². The van der Waals surface area contributed by atoms with Crippen molar-refractivity contribution in [1.82, 2.24) is 10.2 Å². The Morgan fingerprint density at radius 1 is 1.13 bits per heavy atom. The van der Waals surface area contributed by atoms with Gasteiger partial charge in [0.2, 0.25) is 11.8 Å². The van der Waals surface area contributed by atoms with Gasteiger partial charge in [-0.05, 0) is 43.4 Å². The van der Waals surface area contributed by atoms with Crippen LogP contribution >= 0.6 is 23.2 Å². The predicted molar refractivity (Wildman–Crippen MR) is 90.6 cm³/mol. The summed E-state index contributed by atoms with van der Waals surface area (Å²) in [6.07, 6.45) is 3.96. The maximum Gasteiger partial charge on any atom is 0.225 e. The number of hydrogen-bond acceptors (Lipinski definition) is 2. The van der Waals surface area contributed by atoms with Gasteiger partial charge in [0, 0.05) is 35.1 Å². The molecule has 1 saturated heterocycles. The first-order valence-electron chi connectivity index (χ1n) is 8.05. The van der Waals surface area contributed by atoms with Gasteiger partial charge in [0.25, 0.3) is 0 Å². The molecule has 2 amide bonds. The van der Waals surface area contributed by atoms with Crippen LogP contribution in [0.5, 0.6) is 0 Å². The minimum atomic E-state index is -0.0406. The summed E-state index contributed by atoms with van der Waals surface area (Å²) in [5, 5.41) is 4.12. The zero-order valence-corrected chi connectivity index (χ0v) is 14.4. The number of amides is 2. The lowest BCUT2D eigenvalue weighted by Gasteiger charge is -2.32. The van der Waals surface area contributed by atoms with Crippen LogP contribution in [0.4, 0.5) is 0 Å². The molecule has 1 saturated carbocycles. The van der Waals surface area contributed by atoms with Crippen molar-refractivity contribution < 1.29 is 9.59 Å². The molecule has 3 rings (SSSR count). The number of nitrogens with zero attached hydrogens (tertiary/aromatic N) is 1. The van der Waals surface area contributed by atoms with Crippen molar-refractivity contribution in [2.75, 3.05) is 13.1 Å². The first-order valence-corrected chi connectivity index (χ1v) is 8.80. The Hall–Kier alpha value is -1.26. The molecule has 0 unspecified atom stereocenters. The molecule has 124 valence electrons. The predicted octanol–water partition coefficient (Wildman–Crippen LogP) is 3.05. The van der Waals surface area contributed by atoms with Crippen LogP contribution in [0.15, 0.2) is 18.2 Å². The molecular weight excluding hydrogens is 335 g/mol. The van der Waals surface area contributed by atoms with E-state index in [1.807, 2.05) is 4.90 Å². The molecule has 4 nitrogen and oxygen atoms in total. The fraction of sp³-hybridized carbons (Fsp3) is 0.529. The van der Waals surface area contributed by atoms with Gasteiger partial charge in [0.05, 0.1) is 6.42 Å². The highest BCUT2D eigenvalue weighted by atomic mass is 35.5. The molecule has 0 radical (unpaired) electrons. The van der Waals surface area contributed by atoms with Gasteiger partial charge in [-0.3, -0.25) is 9.59 Å². The number of carbonyl (C=O) groups excluding carboxylic acids is 2. The van der Waals surface area contributed by atoms with Gasteiger partial charge < -0.3 is 10.2 Å². The minimum Gasteiger partial charge on any atom is -0.353 e. The topological polar surface area (TPSA) is 49.4 Å². The molecule has 0 bridgehead atoms. The first kappa shape index (κ1) is 16.6. The van der Waals surface area contributed by atoms with Crippen molar-refractivity contribution in [2.24, 2.45) is 5.92 Å². The molecule has 1 aliphatic carbocycles. The normalized spacial score (nSPS) is 18.8. The van der Waals surface area contributed by atoms with Crippen molar-refractivity contribution in [2.45, 2.75) is 38.1 Å². The largest absolute Gasteiger partial charge is 0.353 e. The molecule has 6 heteroatoms. The van der Waals surface area contributed by atoms with Gasteiger partial charge in [-0.25, -0.2) is 0 Å². The Labute approximate surface area is 146 Å². The van der Waals surface area contributed by atoms with Crippen LogP contribution in [-0.2, 0) is 16.0 Å². The average Bonchev–Trinajstić information content (AvgIpc) is 3.35. The second-order valence-electron chi connectivity index (χ2n) is 6.35. The minimum absolute atomic E-state index is 0.0406. The summed E-state index contributed by atoms with van der Waals surface area (Å²) in [4.78, 5) is 26.1. The van der Waals surface area contributed by atoms with Gasteiger partial charge in [-0.15, -0.1) is 0 Å². The molecule has 0 atom stereocenters. The summed E-state index contributed by atoms with van der Waals surface area (Å²) in [5.74, 6) is 0.525. The van der Waals surface area contributed by atoms with E-state index in [1.54, 1.807) is 18.2 Å². The van der Waals surface area contributed by atoms with E-state index in [-0.39, 0.29) is 24.3 Å². The molecule has 2 fully saturated rings. The number of benzene rings is 1. The molecule has 0 aromatic heterocycles. The highest BCUT2D eigenvalue weighted by Crippen LogP contribution is 2.31. The van der Waals surface area contributed by atoms with Gasteiger partial charge in [0.1, 0.15) is 0 Å². The van der Waals surface area contributed by atoms with E-state index in [4.69, 9.17) is 23.2 Å². The van der Waals surface area contributed by atoms with Gasteiger partial charge in [-0.1, -0.05) is 29.3 Å². The maximum atomic E-state index is 12.2. The lowest BCUT2D eigenvalue weighted by atomic mass is 10.0. The third-order valence-electron chi connectivity index (χ3n) is 4.46. The molecule has 2 aliphatic rings. The van der Waals surface area contributed by atoms with Gasteiger partial charge in [-0.2, -0.15) is 0 Å². The maximum absolute atomic E-state index is 12.2. The van der Waals surface area contributed by atoms with E-state index < -0.39 is 0 Å². The van der Waals surface area contributed by atoms with Crippen molar-refractivity contribution in [3.05, 3.63) is 33.8 Å². The molecular formula is C17H20Cl2N2O2. The number of piperidine rings is 1. The van der Waals surface area contributed by atoms with E-state index in [0.717, 1.165) is 44.3 Å². The second-order valence-corrected chi connectivity index (χ2v) is 7.20. The van der Waals surface area contributed by atoms with Crippen molar-refractivity contribution in [3.63, 3.8) is 0 Å². The fourth-order valence-corrected chi connectivity index (χ4v) is 3.42. The summed E-state index contributed by atoms with van der Waals surface area (Å²) in [6.45, 7) is 1.48. The van der Waals surface area contributed by atoms with Crippen LogP contribution in [0.3, 0.4) is 0 Å². The third-order valence-corrected chi connectivity index (χ3v) is 5.05. The monoisotopic (exact) mass is 354 g/mol. The third kappa shape index (κ3) is 4.39. The SMILES string of the molecule is O=C(Cc1ccc(Cl)cc1Cl)NC1CCN(C(=O)C2CC2)CC1. The standard InChI is InChI=1S/C17H20Cl2N2O2/c18-13-4-3-12(15(19)10-13)9-16(22)20-14-5-7-21(8-6-14)17(23)11-1-2-11/h3-4,10-11,14H,1-2,5-9H2,(H,20,22). The number of rotatable bonds is 4. The Morgan fingerprint density at radius 2 is 1.83 bits per heavy atom. The van der Waals surface area contributed by atoms with E-state index in [9.17, 15) is 9.59 Å². The zero-order chi connectivity index (χ0) is 16.4. The fourth-order valence-electron chi connectivity index (χ4n) is 2.95. The number of hydrogen-bond donors (Lipinski definition) is 1. The number of likely N-dealkylation sites (tertiary alicyclic amines) is 1. The highest BCUT2D eigenvalue weighted by Gasteiger charge is 2.35. The molecule has 1 N–H and O–H groups in total. The quantitative estimate of drug-likeness (QED) is 0.903. The van der Waals surface area contributed by atoms with E-state index >= 15 is 0 Å². The van der Waals surface area contributed by atoms with Crippen LogP contribution in [0.2, 0.25) is 10.0 Å². The first-order chi connectivity index (χ1) is 11.0.